The third-order valence-electron chi connectivity index (χ3n) is 6.61. The fraction of sp³-hybridized carbons (Fsp3) is 0.500. The molecule has 1 aliphatic heterocycles. The topological polar surface area (TPSA) is 98.1 Å². The Morgan fingerprint density at radius 1 is 1.19 bits per heavy atom. The van der Waals surface area contributed by atoms with Crippen molar-refractivity contribution in [1.29, 1.82) is 0 Å². The zero-order valence-electron chi connectivity index (χ0n) is 21.4. The zero-order chi connectivity index (χ0) is 25.7. The monoisotopic (exact) mass is 495 g/mol. The van der Waals surface area contributed by atoms with Gasteiger partial charge in [0.15, 0.2) is 5.82 Å². The molecule has 0 spiro atoms. The van der Waals surface area contributed by atoms with Crippen LogP contribution < -0.4 is 5.32 Å². The number of rotatable bonds is 9. The van der Waals surface area contributed by atoms with Crippen LogP contribution in [0.15, 0.2) is 30.7 Å². The molecule has 0 aromatic carbocycles. The molecule has 1 atom stereocenters. The van der Waals surface area contributed by atoms with Crippen LogP contribution in [0.2, 0.25) is 0 Å². The van der Waals surface area contributed by atoms with Gasteiger partial charge in [0.05, 0.1) is 30.0 Å². The third kappa shape index (κ3) is 5.53. The van der Waals surface area contributed by atoms with E-state index in [9.17, 15) is 9.18 Å². The van der Waals surface area contributed by atoms with E-state index in [4.69, 9.17) is 4.74 Å². The summed E-state index contributed by atoms with van der Waals surface area (Å²) in [5.74, 6) is 0.434. The van der Waals surface area contributed by atoms with Gasteiger partial charge in [-0.3, -0.25) is 4.79 Å². The Morgan fingerprint density at radius 3 is 2.64 bits per heavy atom. The van der Waals surface area contributed by atoms with Crippen molar-refractivity contribution in [3.8, 4) is 11.4 Å². The van der Waals surface area contributed by atoms with Crippen LogP contribution in [-0.4, -0.2) is 61.1 Å². The van der Waals surface area contributed by atoms with E-state index >= 15 is 0 Å². The van der Waals surface area contributed by atoms with Crippen LogP contribution in [-0.2, 0) is 4.74 Å². The number of hydrogen-bond acceptors (Lipinski definition) is 7. The Bertz CT molecular complexity index is 1180. The van der Waals surface area contributed by atoms with E-state index in [-0.39, 0.29) is 29.6 Å². The molecule has 1 amide bonds. The number of nitrogens with one attached hydrogen (secondary N) is 1. The van der Waals surface area contributed by atoms with Gasteiger partial charge in [0.1, 0.15) is 17.2 Å². The number of nitrogens with zero attached hydrogens (tertiary/aromatic N) is 6. The molecule has 1 fully saturated rings. The molecular formula is C26H34FN7O2. The minimum atomic E-state index is -0.520. The molecule has 36 heavy (non-hydrogen) atoms. The summed E-state index contributed by atoms with van der Waals surface area (Å²) in [6, 6.07) is 3.76. The number of amides is 1. The summed E-state index contributed by atoms with van der Waals surface area (Å²) < 4.78 is 22.4. The van der Waals surface area contributed by atoms with Gasteiger partial charge in [0.25, 0.3) is 5.91 Å². The smallest absolute Gasteiger partial charge is 0.272 e. The molecule has 3 aromatic heterocycles. The van der Waals surface area contributed by atoms with Gasteiger partial charge < -0.3 is 19.5 Å². The van der Waals surface area contributed by atoms with Gasteiger partial charge in [0.2, 0.25) is 5.95 Å². The summed E-state index contributed by atoms with van der Waals surface area (Å²) in [7, 11) is 0. The van der Waals surface area contributed by atoms with Crippen molar-refractivity contribution >= 4 is 17.5 Å². The number of carbonyl (C=O) groups excluding carboxylic acids is 1. The molecule has 1 aliphatic rings. The van der Waals surface area contributed by atoms with E-state index in [0.29, 0.717) is 36.8 Å². The van der Waals surface area contributed by atoms with E-state index in [2.05, 4.69) is 39.1 Å². The number of pyridine rings is 1. The van der Waals surface area contributed by atoms with Crippen molar-refractivity contribution in [3.63, 3.8) is 0 Å². The predicted molar refractivity (Wildman–Crippen MR) is 136 cm³/mol. The van der Waals surface area contributed by atoms with Crippen molar-refractivity contribution in [2.24, 2.45) is 0 Å². The minimum Gasteiger partial charge on any atom is -0.381 e. The quantitative estimate of drug-likeness (QED) is 0.449. The number of aromatic nitrogens is 5. The molecule has 0 bridgehead atoms. The summed E-state index contributed by atoms with van der Waals surface area (Å²) in [5.41, 5.74) is 1.78. The maximum Gasteiger partial charge on any atom is 0.272 e. The van der Waals surface area contributed by atoms with E-state index in [1.807, 2.05) is 23.3 Å². The van der Waals surface area contributed by atoms with Crippen LogP contribution in [0.3, 0.4) is 0 Å². The molecule has 1 saturated heterocycles. The van der Waals surface area contributed by atoms with Gasteiger partial charge in [-0.15, -0.1) is 0 Å². The third-order valence-corrected chi connectivity index (χ3v) is 6.61. The highest BCUT2D eigenvalue weighted by molar-refractivity contribution is 5.92. The second-order valence-corrected chi connectivity index (χ2v) is 9.11. The number of ether oxygens (including phenoxy) is 1. The second-order valence-electron chi connectivity index (χ2n) is 9.11. The van der Waals surface area contributed by atoms with Crippen LogP contribution >= 0.6 is 0 Å². The Hall–Kier alpha value is -3.40. The first-order chi connectivity index (χ1) is 17.4. The molecule has 1 N–H and O–H groups in total. The normalized spacial score (nSPS) is 15.0. The number of anilines is 2. The van der Waals surface area contributed by atoms with Crippen LogP contribution in [0.25, 0.3) is 11.4 Å². The van der Waals surface area contributed by atoms with Gasteiger partial charge in [-0.25, -0.2) is 24.3 Å². The summed E-state index contributed by atoms with van der Waals surface area (Å²) in [6.07, 6.45) is 7.81. The number of aryl methyl sites for hydroxylation is 1. The minimum absolute atomic E-state index is 0.0881. The zero-order valence-corrected chi connectivity index (χ0v) is 21.4. The Morgan fingerprint density at radius 2 is 1.97 bits per heavy atom. The van der Waals surface area contributed by atoms with E-state index in [1.54, 1.807) is 24.5 Å². The van der Waals surface area contributed by atoms with Crippen molar-refractivity contribution in [3.05, 3.63) is 48.1 Å². The summed E-state index contributed by atoms with van der Waals surface area (Å²) >= 11 is 0. The van der Waals surface area contributed by atoms with Gasteiger partial charge in [-0.05, 0) is 51.7 Å². The molecule has 4 rings (SSSR count). The molecule has 1 unspecified atom stereocenters. The SMILES string of the molecule is CCCN(C(=O)c1ccc(Nc2ncc(F)c(-c3cnc(C)n3C3CCOCC3)n2)cn1)C(C)CC. The first kappa shape index (κ1) is 25.7. The van der Waals surface area contributed by atoms with Crippen LogP contribution in [0.1, 0.15) is 68.8 Å². The predicted octanol–water partition coefficient (Wildman–Crippen LogP) is 4.93. The maximum absolute atomic E-state index is 14.9. The van der Waals surface area contributed by atoms with Gasteiger partial charge in [-0.2, -0.15) is 0 Å². The van der Waals surface area contributed by atoms with Crippen LogP contribution in [0.4, 0.5) is 16.0 Å². The number of halogens is 1. The molecule has 0 saturated carbocycles. The van der Waals surface area contributed by atoms with Crippen molar-refractivity contribution in [1.82, 2.24) is 29.4 Å². The molecular weight excluding hydrogens is 461 g/mol. The Balaban J connectivity index is 1.54. The lowest BCUT2D eigenvalue weighted by atomic mass is 10.1. The van der Waals surface area contributed by atoms with Crippen molar-refractivity contribution < 1.29 is 13.9 Å². The largest absolute Gasteiger partial charge is 0.381 e. The molecule has 3 aromatic rings. The van der Waals surface area contributed by atoms with Crippen LogP contribution in [0.5, 0.6) is 0 Å². The molecule has 192 valence electrons. The van der Waals surface area contributed by atoms with E-state index < -0.39 is 5.82 Å². The number of hydrogen-bond donors (Lipinski definition) is 1. The van der Waals surface area contributed by atoms with Crippen molar-refractivity contribution in [2.45, 2.75) is 65.5 Å². The standard InChI is InChI=1S/C26H34FN7O2/c1-5-11-33(17(3)6-2)25(35)22-8-7-19(14-29-22)31-26-30-15-21(27)24(32-26)23-16-28-18(4)34(23)20-9-12-36-13-10-20/h7-8,14-17,20H,5-6,9-13H2,1-4H3,(H,30,31,32). The molecule has 10 heteroatoms. The Kier molecular flexibility index (Phi) is 8.25. The summed E-state index contributed by atoms with van der Waals surface area (Å²) in [5, 5.41) is 3.08. The van der Waals surface area contributed by atoms with E-state index in [0.717, 1.165) is 37.7 Å². The molecule has 9 nitrogen and oxygen atoms in total. The fourth-order valence-corrected chi connectivity index (χ4v) is 4.49. The summed E-state index contributed by atoms with van der Waals surface area (Å²) in [4.78, 5) is 32.2. The van der Waals surface area contributed by atoms with Gasteiger partial charge >= 0.3 is 0 Å². The lowest BCUT2D eigenvalue weighted by Crippen LogP contribution is -2.39. The molecule has 0 radical (unpaired) electrons. The van der Waals surface area contributed by atoms with E-state index in [1.165, 1.54) is 0 Å². The highest BCUT2D eigenvalue weighted by Crippen LogP contribution is 2.31. The lowest BCUT2D eigenvalue weighted by molar-refractivity contribution is 0.0681. The second kappa shape index (κ2) is 11.6. The number of carbonyl (C=O) groups is 1. The van der Waals surface area contributed by atoms with Crippen LogP contribution in [0, 0.1) is 12.7 Å². The maximum atomic E-state index is 14.9. The first-order valence-electron chi connectivity index (χ1n) is 12.6. The highest BCUT2D eigenvalue weighted by Gasteiger charge is 2.24. The number of imidazole rings is 1. The first-order valence-corrected chi connectivity index (χ1v) is 12.6. The van der Waals surface area contributed by atoms with Crippen molar-refractivity contribution in [2.75, 3.05) is 25.1 Å². The van der Waals surface area contributed by atoms with Gasteiger partial charge in [-0.1, -0.05) is 13.8 Å². The average molecular weight is 496 g/mol. The van der Waals surface area contributed by atoms with Gasteiger partial charge in [0, 0.05) is 31.8 Å². The fourth-order valence-electron chi connectivity index (χ4n) is 4.49. The molecule has 0 aliphatic carbocycles. The lowest BCUT2D eigenvalue weighted by Gasteiger charge is -2.28. The Labute approximate surface area is 211 Å². The summed E-state index contributed by atoms with van der Waals surface area (Å²) in [6.45, 7) is 10.1. The molecule has 4 heterocycles. The highest BCUT2D eigenvalue weighted by atomic mass is 19.1. The average Bonchev–Trinajstić information content (AvgIpc) is 3.29.